The lowest BCUT2D eigenvalue weighted by Crippen LogP contribution is -2.45. The zero-order valence-corrected chi connectivity index (χ0v) is 32.5. The third-order valence-corrected chi connectivity index (χ3v) is 13.6. The van der Waals surface area contributed by atoms with Crippen molar-refractivity contribution in [3.8, 4) is 11.6 Å². The summed E-state index contributed by atoms with van der Waals surface area (Å²) in [6, 6.07) is 11.4. The van der Waals surface area contributed by atoms with Crippen molar-refractivity contribution in [2.45, 2.75) is 70.6 Å². The molecule has 7 rings (SSSR count). The van der Waals surface area contributed by atoms with Crippen molar-refractivity contribution in [1.29, 1.82) is 0 Å². The average Bonchev–Trinajstić information content (AvgIpc) is 3.74. The van der Waals surface area contributed by atoms with Gasteiger partial charge >= 0.3 is 0 Å². The normalized spacial score (nSPS) is 29.2. The van der Waals surface area contributed by atoms with E-state index < -0.39 is 21.7 Å². The van der Waals surface area contributed by atoms with Crippen LogP contribution in [0.15, 0.2) is 47.0 Å². The van der Waals surface area contributed by atoms with Crippen molar-refractivity contribution in [3.05, 3.63) is 69.9 Å². The Balaban J connectivity index is 1.34. The molecule has 4 aliphatic rings. The molecule has 1 aliphatic carbocycles. The summed E-state index contributed by atoms with van der Waals surface area (Å²) in [4.78, 5) is 30.2. The molecule has 1 unspecified atom stereocenters. The highest BCUT2D eigenvalue weighted by Gasteiger charge is 2.43. The second-order valence-corrected chi connectivity index (χ2v) is 17.5. The Bertz CT molecular complexity index is 1960. The van der Waals surface area contributed by atoms with E-state index in [1.807, 2.05) is 19.1 Å². The van der Waals surface area contributed by atoms with Gasteiger partial charge in [-0.2, -0.15) is 0 Å². The molecule has 0 radical (unpaired) electrons. The molecule has 2 bridgehead atoms. The van der Waals surface area contributed by atoms with Gasteiger partial charge in [-0.05, 0) is 110 Å². The van der Waals surface area contributed by atoms with E-state index in [1.54, 1.807) is 26.3 Å². The van der Waals surface area contributed by atoms with Crippen molar-refractivity contribution in [2.24, 2.45) is 35.1 Å². The minimum absolute atomic E-state index is 0.0218. The SMILES string of the molecule is COc1nn(C)cc1C(=O)NS1(=O)=NC(=O)c2ccc3c(c2)N(Cc2ccc(Cl)cc2CCCCO3)C[C@@H]2CC[C@H]2[C@@H](OC)C[C@H]2CCO[C@@H]2[C@H](C)C1. The number of nitrogens with zero attached hydrogens (tertiary/aromatic N) is 4. The molecule has 0 spiro atoms. The summed E-state index contributed by atoms with van der Waals surface area (Å²) in [5.41, 5.74) is 3.49. The number of aryl methyl sites for hydroxylation is 2. The first-order valence-electron chi connectivity index (χ1n) is 18.7. The third kappa shape index (κ3) is 8.23. The number of nitrogens with one attached hydrogen (secondary N) is 1. The van der Waals surface area contributed by atoms with E-state index in [0.29, 0.717) is 42.4 Å². The Hall–Kier alpha value is -3.65. The zero-order chi connectivity index (χ0) is 37.3. The van der Waals surface area contributed by atoms with Gasteiger partial charge in [0, 0.05) is 50.6 Å². The van der Waals surface area contributed by atoms with Crippen molar-refractivity contribution in [2.75, 3.05) is 44.6 Å². The van der Waals surface area contributed by atoms with Gasteiger partial charge < -0.3 is 23.8 Å². The second kappa shape index (κ2) is 16.0. The van der Waals surface area contributed by atoms with Gasteiger partial charge in [-0.25, -0.2) is 4.21 Å². The number of fused-ring (bicyclic) bond motifs is 4. The molecule has 53 heavy (non-hydrogen) atoms. The predicted molar refractivity (Wildman–Crippen MR) is 203 cm³/mol. The number of carbonyl (C=O) groups is 2. The highest BCUT2D eigenvalue weighted by molar-refractivity contribution is 7.92. The minimum Gasteiger partial charge on any atom is -0.491 e. The summed E-state index contributed by atoms with van der Waals surface area (Å²) in [5.74, 6) is -0.160. The van der Waals surface area contributed by atoms with Crippen molar-refractivity contribution in [1.82, 2.24) is 14.5 Å². The van der Waals surface area contributed by atoms with Crippen LogP contribution < -0.4 is 19.1 Å². The predicted octanol–water partition coefficient (Wildman–Crippen LogP) is 6.24. The summed E-state index contributed by atoms with van der Waals surface area (Å²) < 4.78 is 47.6. The number of hydrogen-bond acceptors (Lipinski definition) is 9. The van der Waals surface area contributed by atoms with Crippen LogP contribution in [-0.2, 0) is 39.4 Å². The van der Waals surface area contributed by atoms with Gasteiger partial charge in [0.1, 0.15) is 21.2 Å². The fourth-order valence-electron chi connectivity index (χ4n) is 8.64. The number of rotatable bonds is 4. The maximum absolute atomic E-state index is 14.9. The van der Waals surface area contributed by atoms with Crippen LogP contribution in [0.3, 0.4) is 0 Å². The number of hydrogen-bond donors (Lipinski definition) is 1. The van der Waals surface area contributed by atoms with Gasteiger partial charge in [-0.3, -0.25) is 19.0 Å². The van der Waals surface area contributed by atoms with Gasteiger partial charge in [0.05, 0.1) is 37.4 Å². The number of carbonyl (C=O) groups excluding carboxylic acids is 2. The topological polar surface area (TPSA) is 134 Å². The van der Waals surface area contributed by atoms with E-state index in [4.69, 9.17) is 30.5 Å². The lowest BCUT2D eigenvalue weighted by Gasteiger charge is -2.45. The van der Waals surface area contributed by atoms with Crippen LogP contribution in [-0.4, -0.2) is 77.7 Å². The van der Waals surface area contributed by atoms with E-state index in [-0.39, 0.29) is 46.8 Å². The summed E-state index contributed by atoms with van der Waals surface area (Å²) in [6.45, 7) is 4.38. The van der Waals surface area contributed by atoms with Crippen LogP contribution in [0.5, 0.6) is 11.6 Å². The van der Waals surface area contributed by atoms with Crippen LogP contribution in [0.4, 0.5) is 5.69 Å². The van der Waals surface area contributed by atoms with E-state index in [9.17, 15) is 13.8 Å². The average molecular weight is 768 g/mol. The number of aromatic nitrogens is 2. The maximum atomic E-state index is 14.9. The Morgan fingerprint density at radius 2 is 1.91 bits per heavy atom. The number of halogens is 1. The lowest BCUT2D eigenvalue weighted by molar-refractivity contribution is -0.0401. The van der Waals surface area contributed by atoms with Gasteiger partial charge in [0.25, 0.3) is 11.8 Å². The molecule has 286 valence electrons. The Morgan fingerprint density at radius 3 is 2.68 bits per heavy atom. The van der Waals surface area contributed by atoms with Crippen molar-refractivity contribution < 1.29 is 32.7 Å². The highest BCUT2D eigenvalue weighted by Crippen LogP contribution is 2.44. The molecule has 1 saturated heterocycles. The molecule has 12 nitrogen and oxygen atoms in total. The van der Waals surface area contributed by atoms with E-state index >= 15 is 0 Å². The monoisotopic (exact) mass is 767 g/mol. The summed E-state index contributed by atoms with van der Waals surface area (Å²) >= 11 is 6.49. The summed E-state index contributed by atoms with van der Waals surface area (Å²) in [5, 5.41) is 4.88. The van der Waals surface area contributed by atoms with Crippen molar-refractivity contribution in [3.63, 3.8) is 0 Å². The molecule has 2 fully saturated rings. The molecular weight excluding hydrogens is 718 g/mol. The first-order valence-corrected chi connectivity index (χ1v) is 20.7. The fourth-order valence-corrected chi connectivity index (χ4v) is 10.7. The van der Waals surface area contributed by atoms with Crippen LogP contribution >= 0.6 is 11.6 Å². The molecular formula is C39H50ClN5O7S. The van der Waals surface area contributed by atoms with Gasteiger partial charge in [0.2, 0.25) is 5.88 Å². The van der Waals surface area contributed by atoms with Crippen LogP contribution in [0.25, 0.3) is 0 Å². The molecule has 1 saturated carbocycles. The molecule has 7 atom stereocenters. The molecule has 1 aromatic heterocycles. The fraction of sp³-hybridized carbons (Fsp3) is 0.564. The Kier molecular flexibility index (Phi) is 11.4. The first kappa shape index (κ1) is 37.7. The molecule has 14 heteroatoms. The van der Waals surface area contributed by atoms with Crippen LogP contribution in [0, 0.1) is 23.7 Å². The Labute approximate surface area is 317 Å². The number of amides is 2. The first-order chi connectivity index (χ1) is 25.5. The van der Waals surface area contributed by atoms with E-state index in [1.165, 1.54) is 29.1 Å². The van der Waals surface area contributed by atoms with Crippen molar-refractivity contribution >= 4 is 39.0 Å². The quantitative estimate of drug-likeness (QED) is 0.328. The minimum atomic E-state index is -3.69. The number of benzene rings is 2. The van der Waals surface area contributed by atoms with Crippen LogP contribution in [0.1, 0.15) is 77.3 Å². The van der Waals surface area contributed by atoms with Gasteiger partial charge in [0.15, 0.2) is 0 Å². The lowest BCUT2D eigenvalue weighted by atomic mass is 9.68. The molecule has 1 N–H and O–H groups in total. The maximum Gasteiger partial charge on any atom is 0.286 e. The number of ether oxygens (including phenoxy) is 4. The van der Waals surface area contributed by atoms with Gasteiger partial charge in [-0.15, -0.1) is 9.46 Å². The standard InChI is InChI=1S/C39H50ClN5O7S/c1-24-23-53(48,43-38(47)32-22-44(2)41-39(32)50-4)42-37(46)27-10-13-34-33(18-27)45(20-28-8-11-30(40)17-25(28)7-5-6-15-51-34)21-29-9-12-31(29)35(49-3)19-26-14-16-52-36(24)26/h8,10-11,13,17-18,22,24,26,29,31,35-36H,5-7,9,12,14-16,19-21,23H2,1-4H3,(H,42,43,46,47,48)/t24-,26-,29+,31-,35+,36-,53?/m1/s1. The molecule has 2 amide bonds. The summed E-state index contributed by atoms with van der Waals surface area (Å²) in [6.07, 6.45) is 7.74. The molecule has 4 heterocycles. The third-order valence-electron chi connectivity index (χ3n) is 11.4. The largest absolute Gasteiger partial charge is 0.491 e. The second-order valence-electron chi connectivity index (χ2n) is 15.0. The zero-order valence-electron chi connectivity index (χ0n) is 30.9. The number of methoxy groups -OCH3 is 2. The van der Waals surface area contributed by atoms with E-state index in [2.05, 4.69) is 31.2 Å². The molecule has 3 aliphatic heterocycles. The highest BCUT2D eigenvalue weighted by atomic mass is 35.5. The van der Waals surface area contributed by atoms with Gasteiger partial charge in [-0.1, -0.05) is 24.6 Å². The molecule has 2 aromatic carbocycles. The molecule has 3 aromatic rings. The summed E-state index contributed by atoms with van der Waals surface area (Å²) in [7, 11) is 1.18. The van der Waals surface area contributed by atoms with Crippen LogP contribution in [0.2, 0.25) is 5.02 Å². The smallest absolute Gasteiger partial charge is 0.286 e. The number of anilines is 1. The van der Waals surface area contributed by atoms with E-state index in [0.717, 1.165) is 57.2 Å². The Morgan fingerprint density at radius 1 is 1.06 bits per heavy atom.